The van der Waals surface area contributed by atoms with Gasteiger partial charge < -0.3 is 4.57 Å². The van der Waals surface area contributed by atoms with Crippen LogP contribution in [0, 0.1) is 0 Å². The van der Waals surface area contributed by atoms with Crippen molar-refractivity contribution >= 4 is 21.5 Å². The van der Waals surface area contributed by atoms with Crippen LogP contribution in [0.5, 0.6) is 0 Å². The van der Waals surface area contributed by atoms with Gasteiger partial charge >= 0.3 is 0 Å². The van der Waals surface area contributed by atoms with Crippen LogP contribution in [0.1, 0.15) is 35.6 Å². The van der Waals surface area contributed by atoms with Crippen molar-refractivity contribution in [1.29, 1.82) is 0 Å². The van der Waals surface area contributed by atoms with E-state index in [0.29, 0.717) is 0 Å². The molecule has 0 atom stereocenters. The molecule has 0 amide bonds. The standard InChI is InChI=1S/C29H21N/c1-29-23-15-4-9-17-7-2-13-21(25(17)23)27-19-11-6-12-20(19)28(30(27)29)22-14-3-8-18-10-5-16-24(29)26(18)22/h2-5,7-10,13-16H,6,11-12H2,1H3. The van der Waals surface area contributed by atoms with E-state index in [0.717, 1.165) is 0 Å². The van der Waals surface area contributed by atoms with E-state index in [9.17, 15) is 0 Å². The van der Waals surface area contributed by atoms with Gasteiger partial charge in [-0.1, -0.05) is 72.8 Å². The highest BCUT2D eigenvalue weighted by atomic mass is 15.1. The normalized spacial score (nSPS) is 16.7. The summed E-state index contributed by atoms with van der Waals surface area (Å²) in [5.74, 6) is 0. The van der Waals surface area contributed by atoms with Gasteiger partial charge in [0.2, 0.25) is 0 Å². The summed E-state index contributed by atoms with van der Waals surface area (Å²) < 4.78 is 2.73. The largest absolute Gasteiger partial charge is 0.326 e. The number of rotatable bonds is 0. The van der Waals surface area contributed by atoms with Crippen molar-refractivity contribution in [2.75, 3.05) is 0 Å². The zero-order chi connectivity index (χ0) is 19.6. The van der Waals surface area contributed by atoms with Gasteiger partial charge in [0.25, 0.3) is 0 Å². The van der Waals surface area contributed by atoms with Crippen LogP contribution in [0.15, 0.2) is 72.8 Å². The Labute approximate surface area is 175 Å². The number of hydrogen-bond acceptors (Lipinski definition) is 0. The zero-order valence-corrected chi connectivity index (χ0v) is 17.0. The summed E-state index contributed by atoms with van der Waals surface area (Å²) in [7, 11) is 0. The van der Waals surface area contributed by atoms with Gasteiger partial charge in [-0.15, -0.1) is 0 Å². The van der Waals surface area contributed by atoms with Crippen molar-refractivity contribution in [2.45, 2.75) is 31.7 Å². The number of hydrogen-bond donors (Lipinski definition) is 0. The molecule has 0 fully saturated rings. The fraction of sp³-hybridized carbons (Fsp3) is 0.172. The van der Waals surface area contributed by atoms with Crippen LogP contribution in [0.2, 0.25) is 0 Å². The molecule has 3 aliphatic rings. The lowest BCUT2D eigenvalue weighted by molar-refractivity contribution is 0.484. The number of aromatic nitrogens is 1. The van der Waals surface area contributed by atoms with Crippen LogP contribution in [-0.4, -0.2) is 4.57 Å². The summed E-state index contributed by atoms with van der Waals surface area (Å²) >= 11 is 0. The quantitative estimate of drug-likeness (QED) is 0.270. The molecule has 2 aliphatic heterocycles. The van der Waals surface area contributed by atoms with E-state index in [2.05, 4.69) is 84.3 Å². The smallest absolute Gasteiger partial charge is 0.0940 e. The van der Waals surface area contributed by atoms with E-state index in [1.54, 1.807) is 11.1 Å². The molecule has 1 nitrogen and oxygen atoms in total. The van der Waals surface area contributed by atoms with Crippen molar-refractivity contribution in [2.24, 2.45) is 0 Å². The molecular weight excluding hydrogens is 362 g/mol. The minimum atomic E-state index is -0.184. The van der Waals surface area contributed by atoms with Gasteiger partial charge in [-0.05, 0) is 70.0 Å². The van der Waals surface area contributed by atoms with Gasteiger partial charge in [0.15, 0.2) is 0 Å². The van der Waals surface area contributed by atoms with Crippen molar-refractivity contribution in [3.05, 3.63) is 95.1 Å². The highest BCUT2D eigenvalue weighted by Gasteiger charge is 2.46. The Morgan fingerprint density at radius 1 is 0.633 bits per heavy atom. The fourth-order valence-corrected chi connectivity index (χ4v) is 6.94. The van der Waals surface area contributed by atoms with Crippen LogP contribution in [0.4, 0.5) is 0 Å². The molecule has 142 valence electrons. The minimum Gasteiger partial charge on any atom is -0.326 e. The van der Waals surface area contributed by atoms with Crippen molar-refractivity contribution < 1.29 is 0 Å². The molecule has 0 saturated heterocycles. The lowest BCUT2D eigenvalue weighted by Crippen LogP contribution is -2.38. The van der Waals surface area contributed by atoms with E-state index in [-0.39, 0.29) is 5.54 Å². The first kappa shape index (κ1) is 15.5. The first-order valence-electron chi connectivity index (χ1n) is 11.1. The second-order valence-electron chi connectivity index (χ2n) is 9.33. The Morgan fingerprint density at radius 3 is 1.60 bits per heavy atom. The highest BCUT2D eigenvalue weighted by molar-refractivity contribution is 6.08. The van der Waals surface area contributed by atoms with Crippen molar-refractivity contribution in [1.82, 2.24) is 4.57 Å². The highest BCUT2D eigenvalue weighted by Crippen LogP contribution is 2.58. The van der Waals surface area contributed by atoms with Gasteiger partial charge in [-0.25, -0.2) is 0 Å². The first-order valence-corrected chi connectivity index (χ1v) is 11.1. The number of fused-ring (bicyclic) bond motifs is 7. The van der Waals surface area contributed by atoms with E-state index in [1.165, 1.54) is 74.4 Å². The Morgan fingerprint density at radius 2 is 1.10 bits per heavy atom. The van der Waals surface area contributed by atoms with Gasteiger partial charge in [0.1, 0.15) is 0 Å². The van der Waals surface area contributed by atoms with Crippen molar-refractivity contribution in [3.63, 3.8) is 0 Å². The second kappa shape index (κ2) is 4.87. The molecule has 0 radical (unpaired) electrons. The topological polar surface area (TPSA) is 4.93 Å². The molecule has 1 heteroatoms. The van der Waals surface area contributed by atoms with E-state index >= 15 is 0 Å². The molecule has 8 rings (SSSR count). The van der Waals surface area contributed by atoms with Gasteiger partial charge in [0.05, 0.1) is 16.9 Å². The summed E-state index contributed by atoms with van der Waals surface area (Å²) in [6.07, 6.45) is 3.68. The SMILES string of the molecule is CC12c3cccc4cccc(c34)-c3c4c(c(n31)-c1cccc3cccc2c13)CCC4. The maximum absolute atomic E-state index is 2.73. The molecule has 3 heterocycles. The second-order valence-corrected chi connectivity index (χ2v) is 9.33. The molecular formula is C29H21N. The summed E-state index contributed by atoms with van der Waals surface area (Å²) in [5, 5.41) is 5.62. The molecule has 0 unspecified atom stereocenters. The zero-order valence-electron chi connectivity index (χ0n) is 17.0. The van der Waals surface area contributed by atoms with Gasteiger partial charge in [-0.3, -0.25) is 0 Å². The van der Waals surface area contributed by atoms with Gasteiger partial charge in [-0.2, -0.15) is 0 Å². The molecule has 0 spiro atoms. The molecule has 4 aromatic carbocycles. The monoisotopic (exact) mass is 383 g/mol. The summed E-state index contributed by atoms with van der Waals surface area (Å²) in [4.78, 5) is 0. The van der Waals surface area contributed by atoms with Crippen molar-refractivity contribution in [3.8, 4) is 22.5 Å². The summed E-state index contributed by atoms with van der Waals surface area (Å²) in [6.45, 7) is 2.46. The predicted octanol–water partition coefficient (Wildman–Crippen LogP) is 7.06. The third-order valence-electron chi connectivity index (χ3n) is 8.05. The molecule has 30 heavy (non-hydrogen) atoms. The lowest BCUT2D eigenvalue weighted by atomic mass is 9.73. The summed E-state index contributed by atoms with van der Waals surface area (Å²) in [6, 6.07) is 27.5. The Balaban J connectivity index is 1.72. The Bertz CT molecular complexity index is 1460. The number of benzene rings is 4. The number of nitrogens with zero attached hydrogens (tertiary/aromatic N) is 1. The average molecular weight is 383 g/mol. The summed E-state index contributed by atoms with van der Waals surface area (Å²) in [5.41, 5.74) is 11.7. The molecule has 5 aromatic rings. The van der Waals surface area contributed by atoms with E-state index in [4.69, 9.17) is 0 Å². The van der Waals surface area contributed by atoms with Crippen LogP contribution in [0.3, 0.4) is 0 Å². The molecule has 0 saturated carbocycles. The average Bonchev–Trinajstić information content (AvgIpc) is 3.37. The molecule has 0 N–H and O–H groups in total. The van der Waals surface area contributed by atoms with E-state index < -0.39 is 0 Å². The first-order chi connectivity index (χ1) is 14.8. The third-order valence-corrected chi connectivity index (χ3v) is 8.05. The molecule has 0 bridgehead atoms. The van der Waals surface area contributed by atoms with Crippen LogP contribution >= 0.6 is 0 Å². The maximum Gasteiger partial charge on any atom is 0.0940 e. The van der Waals surface area contributed by atoms with E-state index in [1.807, 2.05) is 0 Å². The van der Waals surface area contributed by atoms with Crippen LogP contribution in [-0.2, 0) is 18.4 Å². The lowest BCUT2D eigenvalue weighted by Gasteiger charge is -2.44. The van der Waals surface area contributed by atoms with Crippen LogP contribution in [0.25, 0.3) is 44.1 Å². The predicted molar refractivity (Wildman–Crippen MR) is 124 cm³/mol. The third kappa shape index (κ3) is 1.48. The molecule has 1 aliphatic carbocycles. The maximum atomic E-state index is 2.73. The van der Waals surface area contributed by atoms with Crippen LogP contribution < -0.4 is 0 Å². The van der Waals surface area contributed by atoms with Gasteiger partial charge in [0, 0.05) is 11.1 Å². The Hall–Kier alpha value is -3.32. The Kier molecular flexibility index (Phi) is 2.52. The fourth-order valence-electron chi connectivity index (χ4n) is 6.94. The molecule has 1 aromatic heterocycles. The minimum absolute atomic E-state index is 0.184.